The number of carbonyl (C=O) groups is 1. The summed E-state index contributed by atoms with van der Waals surface area (Å²) in [6.07, 6.45) is 0. The average molecular weight is 286 g/mol. The largest absolute Gasteiger partial charge is 0.489 e. The first-order valence-corrected chi connectivity index (χ1v) is 6.72. The number of nitrogens with one attached hydrogen (secondary N) is 2. The van der Waals surface area contributed by atoms with Crippen LogP contribution in [-0.4, -0.2) is 19.1 Å². The molecule has 2 aromatic carbocycles. The molecule has 0 atom stereocenters. The number of para-hydroxylation sites is 1. The van der Waals surface area contributed by atoms with Gasteiger partial charge in [0.15, 0.2) is 5.75 Å². The molecule has 0 aromatic heterocycles. The van der Waals surface area contributed by atoms with Gasteiger partial charge < -0.3 is 15.4 Å². The highest BCUT2D eigenvalue weighted by atomic mass is 19.1. The van der Waals surface area contributed by atoms with E-state index >= 15 is 0 Å². The molecule has 0 radical (unpaired) electrons. The molecule has 5 heteroatoms. The molecule has 0 bridgehead atoms. The number of benzene rings is 2. The monoisotopic (exact) mass is 286 g/mol. The molecule has 1 aliphatic rings. The van der Waals surface area contributed by atoms with E-state index in [0.717, 1.165) is 11.3 Å². The summed E-state index contributed by atoms with van der Waals surface area (Å²) < 4.78 is 19.4. The summed E-state index contributed by atoms with van der Waals surface area (Å²) in [6.45, 7) is 2.99. The highest BCUT2D eigenvalue weighted by Crippen LogP contribution is 2.31. The van der Waals surface area contributed by atoms with Crippen LogP contribution in [0.2, 0.25) is 0 Å². The number of halogens is 1. The average Bonchev–Trinajstić information content (AvgIpc) is 2.49. The molecule has 0 saturated carbocycles. The highest BCUT2D eigenvalue weighted by molar-refractivity contribution is 6.07. The van der Waals surface area contributed by atoms with Gasteiger partial charge in [0, 0.05) is 6.54 Å². The zero-order valence-corrected chi connectivity index (χ0v) is 11.6. The zero-order chi connectivity index (χ0) is 14.8. The van der Waals surface area contributed by atoms with Gasteiger partial charge in [-0.15, -0.1) is 0 Å². The summed E-state index contributed by atoms with van der Waals surface area (Å²) in [4.78, 5) is 12.3. The molecular formula is C16H15FN2O2. The van der Waals surface area contributed by atoms with E-state index in [1.807, 2.05) is 6.07 Å². The number of ether oxygens (including phenoxy) is 1. The molecular weight excluding hydrogens is 271 g/mol. The number of hydrogen-bond donors (Lipinski definition) is 2. The van der Waals surface area contributed by atoms with Crippen LogP contribution in [-0.2, 0) is 0 Å². The molecule has 1 amide bonds. The van der Waals surface area contributed by atoms with Gasteiger partial charge in [-0.2, -0.15) is 0 Å². The Labute approximate surface area is 121 Å². The van der Waals surface area contributed by atoms with Crippen LogP contribution in [0.25, 0.3) is 0 Å². The van der Waals surface area contributed by atoms with Crippen molar-refractivity contribution in [3.8, 4) is 5.75 Å². The van der Waals surface area contributed by atoms with Crippen molar-refractivity contribution >= 4 is 17.3 Å². The summed E-state index contributed by atoms with van der Waals surface area (Å²) in [7, 11) is 0. The van der Waals surface area contributed by atoms with Crippen LogP contribution in [0, 0.1) is 12.7 Å². The van der Waals surface area contributed by atoms with E-state index in [4.69, 9.17) is 4.74 Å². The van der Waals surface area contributed by atoms with Crippen molar-refractivity contribution in [2.75, 3.05) is 23.8 Å². The van der Waals surface area contributed by atoms with Crippen molar-refractivity contribution in [1.29, 1.82) is 0 Å². The number of carbonyl (C=O) groups excluding carboxylic acids is 1. The van der Waals surface area contributed by atoms with E-state index < -0.39 is 11.7 Å². The Morgan fingerprint density at radius 1 is 1.33 bits per heavy atom. The molecule has 4 nitrogen and oxygen atoms in total. The van der Waals surface area contributed by atoms with E-state index in [-0.39, 0.29) is 5.69 Å². The second-order valence-corrected chi connectivity index (χ2v) is 4.89. The molecule has 2 N–H and O–H groups in total. The fraction of sp³-hybridized carbons (Fsp3) is 0.188. The Morgan fingerprint density at radius 2 is 2.19 bits per heavy atom. The van der Waals surface area contributed by atoms with Crippen LogP contribution in [0.1, 0.15) is 15.9 Å². The molecule has 21 heavy (non-hydrogen) atoms. The van der Waals surface area contributed by atoms with Crippen molar-refractivity contribution in [3.05, 3.63) is 53.3 Å². The molecule has 108 valence electrons. The predicted molar refractivity (Wildman–Crippen MR) is 79.5 cm³/mol. The molecule has 0 unspecified atom stereocenters. The van der Waals surface area contributed by atoms with Crippen LogP contribution in [0.3, 0.4) is 0 Å². The fourth-order valence-electron chi connectivity index (χ4n) is 2.26. The lowest BCUT2D eigenvalue weighted by Gasteiger charge is -2.21. The quantitative estimate of drug-likeness (QED) is 0.891. The molecule has 0 saturated heterocycles. The second kappa shape index (κ2) is 5.44. The third-order valence-electron chi connectivity index (χ3n) is 3.30. The Kier molecular flexibility index (Phi) is 3.48. The van der Waals surface area contributed by atoms with E-state index in [1.165, 1.54) is 6.07 Å². The highest BCUT2D eigenvalue weighted by Gasteiger charge is 2.19. The minimum absolute atomic E-state index is 0.159. The summed E-state index contributed by atoms with van der Waals surface area (Å²) in [6, 6.07) is 9.95. The SMILES string of the molecule is Cc1ccc(NC(=O)c2cccc3c2OCCN3)c(F)c1. The smallest absolute Gasteiger partial charge is 0.259 e. The van der Waals surface area contributed by atoms with Gasteiger partial charge in [0.2, 0.25) is 0 Å². The molecule has 0 aliphatic carbocycles. The first-order valence-electron chi connectivity index (χ1n) is 6.72. The maximum atomic E-state index is 13.8. The first-order chi connectivity index (χ1) is 10.1. The van der Waals surface area contributed by atoms with E-state index in [2.05, 4.69) is 10.6 Å². The van der Waals surface area contributed by atoms with Gasteiger partial charge >= 0.3 is 0 Å². The van der Waals surface area contributed by atoms with Crippen LogP contribution < -0.4 is 15.4 Å². The van der Waals surface area contributed by atoms with Gasteiger partial charge in [-0.25, -0.2) is 4.39 Å². The summed E-state index contributed by atoms with van der Waals surface area (Å²) in [5, 5.41) is 5.74. The number of hydrogen-bond acceptors (Lipinski definition) is 3. The number of amides is 1. The van der Waals surface area contributed by atoms with Gasteiger partial charge in [-0.1, -0.05) is 12.1 Å². The number of anilines is 2. The standard InChI is InChI=1S/C16H15FN2O2/c1-10-5-6-13(12(17)9-10)19-16(20)11-3-2-4-14-15(11)21-8-7-18-14/h2-6,9,18H,7-8H2,1H3,(H,19,20). The summed E-state index contributed by atoms with van der Waals surface area (Å²) in [5.74, 6) is -0.334. The van der Waals surface area contributed by atoms with E-state index in [9.17, 15) is 9.18 Å². The van der Waals surface area contributed by atoms with Crippen molar-refractivity contribution in [3.63, 3.8) is 0 Å². The molecule has 1 aliphatic heterocycles. The lowest BCUT2D eigenvalue weighted by atomic mass is 10.1. The lowest BCUT2D eigenvalue weighted by molar-refractivity contribution is 0.102. The van der Waals surface area contributed by atoms with Crippen LogP contribution in [0.15, 0.2) is 36.4 Å². The lowest BCUT2D eigenvalue weighted by Crippen LogP contribution is -2.22. The Bertz CT molecular complexity index is 701. The third-order valence-corrected chi connectivity index (χ3v) is 3.30. The fourth-order valence-corrected chi connectivity index (χ4v) is 2.26. The summed E-state index contributed by atoms with van der Waals surface area (Å²) in [5.41, 5.74) is 2.13. The maximum Gasteiger partial charge on any atom is 0.259 e. The topological polar surface area (TPSA) is 50.4 Å². The van der Waals surface area contributed by atoms with Crippen LogP contribution in [0.5, 0.6) is 5.75 Å². The molecule has 0 spiro atoms. The number of fused-ring (bicyclic) bond motifs is 1. The third kappa shape index (κ3) is 2.67. The normalized spacial score (nSPS) is 12.9. The Morgan fingerprint density at radius 3 is 3.00 bits per heavy atom. The molecule has 3 rings (SSSR count). The maximum absolute atomic E-state index is 13.8. The van der Waals surface area contributed by atoms with E-state index in [0.29, 0.717) is 24.5 Å². The minimum Gasteiger partial charge on any atom is -0.489 e. The first kappa shape index (κ1) is 13.4. The minimum atomic E-state index is -0.452. The van der Waals surface area contributed by atoms with Crippen LogP contribution >= 0.6 is 0 Å². The number of aryl methyl sites for hydroxylation is 1. The molecule has 0 fully saturated rings. The van der Waals surface area contributed by atoms with Gasteiger partial charge in [-0.05, 0) is 36.8 Å². The zero-order valence-electron chi connectivity index (χ0n) is 11.6. The number of rotatable bonds is 2. The van der Waals surface area contributed by atoms with Crippen molar-refractivity contribution in [2.45, 2.75) is 6.92 Å². The van der Waals surface area contributed by atoms with Crippen molar-refractivity contribution < 1.29 is 13.9 Å². The molecule has 1 heterocycles. The Hall–Kier alpha value is -2.56. The van der Waals surface area contributed by atoms with Crippen molar-refractivity contribution in [1.82, 2.24) is 0 Å². The molecule has 2 aromatic rings. The second-order valence-electron chi connectivity index (χ2n) is 4.89. The summed E-state index contributed by atoms with van der Waals surface area (Å²) >= 11 is 0. The van der Waals surface area contributed by atoms with Gasteiger partial charge in [-0.3, -0.25) is 4.79 Å². The van der Waals surface area contributed by atoms with E-state index in [1.54, 1.807) is 31.2 Å². The van der Waals surface area contributed by atoms with Crippen molar-refractivity contribution in [2.24, 2.45) is 0 Å². The van der Waals surface area contributed by atoms with Gasteiger partial charge in [0.1, 0.15) is 12.4 Å². The predicted octanol–water partition coefficient (Wildman–Crippen LogP) is 3.19. The van der Waals surface area contributed by atoms with Crippen LogP contribution in [0.4, 0.5) is 15.8 Å². The van der Waals surface area contributed by atoms with Gasteiger partial charge in [0.25, 0.3) is 5.91 Å². The Balaban J connectivity index is 1.89. The van der Waals surface area contributed by atoms with Gasteiger partial charge in [0.05, 0.1) is 16.9 Å².